The summed E-state index contributed by atoms with van der Waals surface area (Å²) in [4.78, 5) is 0. The highest BCUT2D eigenvalue weighted by atomic mass is 14.3. The van der Waals surface area contributed by atoms with Crippen LogP contribution in [0.15, 0.2) is 0 Å². The lowest BCUT2D eigenvalue weighted by Gasteiger charge is -2.34. The van der Waals surface area contributed by atoms with Gasteiger partial charge in [0.15, 0.2) is 0 Å². The highest BCUT2D eigenvalue weighted by Crippen LogP contribution is 2.35. The predicted molar refractivity (Wildman–Crippen MR) is 80.3 cm³/mol. The minimum absolute atomic E-state index is 0.842. The van der Waals surface area contributed by atoms with Gasteiger partial charge in [0.2, 0.25) is 0 Å². The van der Waals surface area contributed by atoms with Crippen LogP contribution in [0.3, 0.4) is 0 Å². The molecule has 0 saturated carbocycles. The molecule has 0 fully saturated rings. The lowest BCUT2D eigenvalue weighted by molar-refractivity contribution is 0.153. The van der Waals surface area contributed by atoms with Gasteiger partial charge >= 0.3 is 0 Å². The molecule has 3 unspecified atom stereocenters. The summed E-state index contributed by atoms with van der Waals surface area (Å²) < 4.78 is 0. The van der Waals surface area contributed by atoms with E-state index in [0.29, 0.717) is 0 Å². The van der Waals surface area contributed by atoms with Crippen molar-refractivity contribution < 1.29 is 0 Å². The molecule has 0 heterocycles. The summed E-state index contributed by atoms with van der Waals surface area (Å²) in [5.74, 6) is 4.47. The van der Waals surface area contributed by atoms with Gasteiger partial charge in [0.05, 0.1) is 0 Å². The minimum atomic E-state index is 0.842. The van der Waals surface area contributed by atoms with Crippen molar-refractivity contribution >= 4 is 0 Å². The predicted octanol–water partition coefficient (Wildman–Crippen LogP) is 6.16. The van der Waals surface area contributed by atoms with Gasteiger partial charge in [-0.25, -0.2) is 0 Å². The van der Waals surface area contributed by atoms with Crippen LogP contribution in [-0.4, -0.2) is 0 Å². The van der Waals surface area contributed by atoms with Crippen molar-refractivity contribution in [2.45, 2.75) is 80.6 Å². The molecule has 0 N–H and O–H groups in total. The Bertz CT molecular complexity index is 169. The Morgan fingerprint density at radius 1 is 0.765 bits per heavy atom. The summed E-state index contributed by atoms with van der Waals surface area (Å²) in [6, 6.07) is 0. The second-order valence-electron chi connectivity index (χ2n) is 6.70. The van der Waals surface area contributed by atoms with Gasteiger partial charge in [-0.1, -0.05) is 80.6 Å². The molecule has 0 spiro atoms. The fourth-order valence-corrected chi connectivity index (χ4v) is 3.40. The van der Waals surface area contributed by atoms with Crippen molar-refractivity contribution in [2.75, 3.05) is 0 Å². The molecule has 0 aliphatic heterocycles. The summed E-state index contributed by atoms with van der Waals surface area (Å²) in [6.07, 6.45) is 6.98. The molecule has 0 aliphatic rings. The van der Waals surface area contributed by atoms with E-state index in [4.69, 9.17) is 0 Å². The zero-order valence-corrected chi connectivity index (χ0v) is 13.4. The maximum Gasteiger partial charge on any atom is -0.0337 e. The lowest BCUT2D eigenvalue weighted by atomic mass is 9.71. The van der Waals surface area contributed by atoms with E-state index in [9.17, 15) is 0 Å². The highest BCUT2D eigenvalue weighted by molar-refractivity contribution is 4.76. The third kappa shape index (κ3) is 6.48. The van der Waals surface area contributed by atoms with Crippen LogP contribution in [-0.2, 0) is 0 Å². The van der Waals surface area contributed by atoms with Crippen LogP contribution in [0.1, 0.15) is 80.6 Å². The quantitative estimate of drug-likeness (QED) is 0.453. The first kappa shape index (κ1) is 17.0. The summed E-state index contributed by atoms with van der Waals surface area (Å²) in [7, 11) is 0. The van der Waals surface area contributed by atoms with Crippen LogP contribution < -0.4 is 0 Å². The van der Waals surface area contributed by atoms with Crippen LogP contribution in [0.2, 0.25) is 0 Å². The zero-order valence-electron chi connectivity index (χ0n) is 13.4. The SMILES string of the molecule is CCC(C)C(C(C)C)C(CC)CCCC(C)C. The van der Waals surface area contributed by atoms with E-state index in [-0.39, 0.29) is 0 Å². The van der Waals surface area contributed by atoms with Crippen molar-refractivity contribution in [1.82, 2.24) is 0 Å². The molecule has 0 nitrogen and oxygen atoms in total. The smallest absolute Gasteiger partial charge is 0.0337 e. The summed E-state index contributed by atoms with van der Waals surface area (Å²) >= 11 is 0. The van der Waals surface area contributed by atoms with E-state index < -0.39 is 0 Å². The normalized spacial score (nSPS) is 17.5. The van der Waals surface area contributed by atoms with Crippen LogP contribution in [0, 0.1) is 29.6 Å². The van der Waals surface area contributed by atoms with Crippen molar-refractivity contribution in [3.63, 3.8) is 0 Å². The topological polar surface area (TPSA) is 0 Å². The Morgan fingerprint density at radius 3 is 1.71 bits per heavy atom. The summed E-state index contributed by atoms with van der Waals surface area (Å²) in [5, 5.41) is 0. The van der Waals surface area contributed by atoms with Crippen molar-refractivity contribution in [1.29, 1.82) is 0 Å². The molecule has 0 heteroatoms. The van der Waals surface area contributed by atoms with Crippen LogP contribution in [0.5, 0.6) is 0 Å². The average molecular weight is 240 g/mol. The fourth-order valence-electron chi connectivity index (χ4n) is 3.40. The summed E-state index contributed by atoms with van der Waals surface area (Å²) in [6.45, 7) is 16.7. The van der Waals surface area contributed by atoms with E-state index in [0.717, 1.165) is 29.6 Å². The van der Waals surface area contributed by atoms with Gasteiger partial charge in [-0.3, -0.25) is 0 Å². The first-order valence-electron chi connectivity index (χ1n) is 7.93. The molecule has 0 aliphatic carbocycles. The Kier molecular flexibility index (Phi) is 9.00. The van der Waals surface area contributed by atoms with Crippen molar-refractivity contribution in [3.8, 4) is 0 Å². The summed E-state index contributed by atoms with van der Waals surface area (Å²) in [5.41, 5.74) is 0. The molecule has 0 aromatic rings. The van der Waals surface area contributed by atoms with E-state index >= 15 is 0 Å². The third-order valence-electron chi connectivity index (χ3n) is 4.50. The molecule has 17 heavy (non-hydrogen) atoms. The molecule has 104 valence electrons. The van der Waals surface area contributed by atoms with Crippen LogP contribution in [0.4, 0.5) is 0 Å². The molecule has 0 aromatic carbocycles. The standard InChI is InChI=1S/C17H36/c1-8-15(7)17(14(5)6)16(9-2)12-10-11-13(3)4/h13-17H,8-12H2,1-7H3. The number of hydrogen-bond donors (Lipinski definition) is 0. The molecule has 0 aromatic heterocycles. The first-order chi connectivity index (χ1) is 7.93. The molecule has 0 radical (unpaired) electrons. The largest absolute Gasteiger partial charge is 0.0651 e. The number of hydrogen-bond acceptors (Lipinski definition) is 0. The molecule has 0 amide bonds. The minimum Gasteiger partial charge on any atom is -0.0651 e. The van der Waals surface area contributed by atoms with E-state index in [2.05, 4.69) is 48.5 Å². The average Bonchev–Trinajstić information content (AvgIpc) is 2.26. The Morgan fingerprint density at radius 2 is 1.35 bits per heavy atom. The second-order valence-corrected chi connectivity index (χ2v) is 6.70. The Hall–Kier alpha value is 0. The van der Waals surface area contributed by atoms with E-state index in [1.807, 2.05) is 0 Å². The van der Waals surface area contributed by atoms with E-state index in [1.54, 1.807) is 0 Å². The van der Waals surface area contributed by atoms with E-state index in [1.165, 1.54) is 32.1 Å². The number of rotatable bonds is 9. The van der Waals surface area contributed by atoms with Gasteiger partial charge in [0.1, 0.15) is 0 Å². The molecule has 0 saturated heterocycles. The van der Waals surface area contributed by atoms with Crippen LogP contribution >= 0.6 is 0 Å². The molecule has 0 rings (SSSR count). The molecular formula is C17H36. The van der Waals surface area contributed by atoms with Gasteiger partial charge < -0.3 is 0 Å². The Labute approximate surface area is 111 Å². The Balaban J connectivity index is 4.35. The van der Waals surface area contributed by atoms with Gasteiger partial charge in [0.25, 0.3) is 0 Å². The maximum absolute atomic E-state index is 2.45. The van der Waals surface area contributed by atoms with Gasteiger partial charge in [-0.05, 0) is 29.6 Å². The second kappa shape index (κ2) is 9.00. The van der Waals surface area contributed by atoms with Crippen molar-refractivity contribution in [3.05, 3.63) is 0 Å². The first-order valence-corrected chi connectivity index (χ1v) is 7.93. The lowest BCUT2D eigenvalue weighted by Crippen LogP contribution is -2.26. The fraction of sp³-hybridized carbons (Fsp3) is 1.00. The zero-order chi connectivity index (χ0) is 13.4. The van der Waals surface area contributed by atoms with Crippen LogP contribution in [0.25, 0.3) is 0 Å². The maximum atomic E-state index is 2.45. The molecular weight excluding hydrogens is 204 g/mol. The van der Waals surface area contributed by atoms with Gasteiger partial charge in [-0.15, -0.1) is 0 Å². The van der Waals surface area contributed by atoms with Crippen molar-refractivity contribution in [2.24, 2.45) is 29.6 Å². The molecule has 3 atom stereocenters. The monoisotopic (exact) mass is 240 g/mol. The third-order valence-corrected chi connectivity index (χ3v) is 4.50. The van der Waals surface area contributed by atoms with Gasteiger partial charge in [-0.2, -0.15) is 0 Å². The highest BCUT2D eigenvalue weighted by Gasteiger charge is 2.27. The molecule has 0 bridgehead atoms. The van der Waals surface area contributed by atoms with Gasteiger partial charge in [0, 0.05) is 0 Å².